The molecular formula is C20H26N2O2. The van der Waals surface area contributed by atoms with Crippen molar-refractivity contribution in [2.45, 2.75) is 12.8 Å². The SMILES string of the molecule is COc1cccc(C(=O)N2CCN(C[C@H]3C[C@@H]4C=C[C@@H]3C4)CC2)c1. The first-order valence-electron chi connectivity index (χ1n) is 9.07. The maximum absolute atomic E-state index is 12.7. The van der Waals surface area contributed by atoms with Crippen molar-refractivity contribution in [2.24, 2.45) is 17.8 Å². The summed E-state index contributed by atoms with van der Waals surface area (Å²) in [6, 6.07) is 7.46. The minimum atomic E-state index is 0.122. The van der Waals surface area contributed by atoms with E-state index in [-0.39, 0.29) is 5.91 Å². The lowest BCUT2D eigenvalue weighted by Crippen LogP contribution is -2.50. The lowest BCUT2D eigenvalue weighted by Gasteiger charge is -2.37. The van der Waals surface area contributed by atoms with Gasteiger partial charge in [-0.2, -0.15) is 0 Å². The van der Waals surface area contributed by atoms with E-state index in [1.54, 1.807) is 7.11 Å². The lowest BCUT2D eigenvalue weighted by atomic mass is 9.93. The number of ether oxygens (including phenoxy) is 1. The molecule has 1 saturated heterocycles. The third-order valence-corrected chi connectivity index (χ3v) is 5.89. The molecule has 3 atom stereocenters. The molecule has 0 radical (unpaired) electrons. The van der Waals surface area contributed by atoms with E-state index in [0.717, 1.165) is 55.2 Å². The van der Waals surface area contributed by atoms with Crippen LogP contribution in [-0.4, -0.2) is 55.5 Å². The Morgan fingerprint density at radius 3 is 2.67 bits per heavy atom. The van der Waals surface area contributed by atoms with Crippen LogP contribution in [0.25, 0.3) is 0 Å². The van der Waals surface area contributed by atoms with Gasteiger partial charge < -0.3 is 9.64 Å². The van der Waals surface area contributed by atoms with Crippen LogP contribution in [0.15, 0.2) is 36.4 Å². The number of carbonyl (C=O) groups excluding carboxylic acids is 1. The smallest absolute Gasteiger partial charge is 0.254 e. The van der Waals surface area contributed by atoms with E-state index in [2.05, 4.69) is 17.1 Å². The van der Waals surface area contributed by atoms with Crippen LogP contribution in [0.2, 0.25) is 0 Å². The number of hydrogen-bond acceptors (Lipinski definition) is 3. The van der Waals surface area contributed by atoms with Crippen LogP contribution >= 0.6 is 0 Å². The van der Waals surface area contributed by atoms with Crippen LogP contribution in [0.3, 0.4) is 0 Å². The molecule has 1 heterocycles. The second kappa shape index (κ2) is 6.60. The Hall–Kier alpha value is -1.81. The zero-order valence-corrected chi connectivity index (χ0v) is 14.4. The second-order valence-corrected chi connectivity index (χ2v) is 7.37. The topological polar surface area (TPSA) is 32.8 Å². The number of carbonyl (C=O) groups is 1. The molecule has 0 N–H and O–H groups in total. The Balaban J connectivity index is 1.31. The zero-order valence-electron chi connectivity index (χ0n) is 14.4. The van der Waals surface area contributed by atoms with Crippen LogP contribution in [0.1, 0.15) is 23.2 Å². The van der Waals surface area contributed by atoms with E-state index >= 15 is 0 Å². The predicted molar refractivity (Wildman–Crippen MR) is 94.2 cm³/mol. The Morgan fingerprint density at radius 1 is 1.17 bits per heavy atom. The van der Waals surface area contributed by atoms with Crippen molar-refractivity contribution in [3.05, 3.63) is 42.0 Å². The number of allylic oxidation sites excluding steroid dienone is 2. The molecule has 0 unspecified atom stereocenters. The molecule has 3 aliphatic rings. The van der Waals surface area contributed by atoms with Crippen LogP contribution in [-0.2, 0) is 0 Å². The summed E-state index contributed by atoms with van der Waals surface area (Å²) in [5.41, 5.74) is 0.723. The van der Waals surface area contributed by atoms with Crippen molar-refractivity contribution in [3.8, 4) is 5.75 Å². The van der Waals surface area contributed by atoms with Crippen LogP contribution < -0.4 is 4.74 Å². The number of methoxy groups -OCH3 is 1. The Bertz CT molecular complexity index is 634. The highest BCUT2D eigenvalue weighted by molar-refractivity contribution is 5.94. The van der Waals surface area contributed by atoms with Crippen molar-refractivity contribution in [2.75, 3.05) is 39.8 Å². The van der Waals surface area contributed by atoms with E-state index in [9.17, 15) is 4.79 Å². The molecule has 1 amide bonds. The molecule has 2 fully saturated rings. The molecule has 1 aromatic rings. The van der Waals surface area contributed by atoms with Crippen molar-refractivity contribution in [3.63, 3.8) is 0 Å². The van der Waals surface area contributed by atoms with Gasteiger partial charge >= 0.3 is 0 Å². The van der Waals surface area contributed by atoms with Crippen molar-refractivity contribution < 1.29 is 9.53 Å². The summed E-state index contributed by atoms with van der Waals surface area (Å²) in [5, 5.41) is 0. The first-order chi connectivity index (χ1) is 11.7. The molecule has 1 aliphatic heterocycles. The molecule has 2 bridgehead atoms. The summed E-state index contributed by atoms with van der Waals surface area (Å²) < 4.78 is 5.22. The van der Waals surface area contributed by atoms with E-state index < -0.39 is 0 Å². The summed E-state index contributed by atoms with van der Waals surface area (Å²) in [6.45, 7) is 4.84. The number of hydrogen-bond donors (Lipinski definition) is 0. The Kier molecular flexibility index (Phi) is 4.31. The average Bonchev–Trinajstić information content (AvgIpc) is 3.25. The van der Waals surface area contributed by atoms with Crippen LogP contribution in [0, 0.1) is 17.8 Å². The van der Waals surface area contributed by atoms with Gasteiger partial charge in [0.15, 0.2) is 0 Å². The summed E-state index contributed by atoms with van der Waals surface area (Å²) in [7, 11) is 1.63. The number of fused-ring (bicyclic) bond motifs is 2. The van der Waals surface area contributed by atoms with Crippen LogP contribution in [0.5, 0.6) is 5.75 Å². The maximum Gasteiger partial charge on any atom is 0.254 e. The predicted octanol–water partition coefficient (Wildman–Crippen LogP) is 2.67. The first-order valence-corrected chi connectivity index (χ1v) is 9.07. The fraction of sp³-hybridized carbons (Fsp3) is 0.550. The van der Waals surface area contributed by atoms with Gasteiger partial charge in [0, 0.05) is 38.3 Å². The summed E-state index contributed by atoms with van der Waals surface area (Å²) in [5.74, 6) is 3.35. The van der Waals surface area contributed by atoms with Crippen molar-refractivity contribution in [1.82, 2.24) is 9.80 Å². The lowest BCUT2D eigenvalue weighted by molar-refractivity contribution is 0.0610. The summed E-state index contributed by atoms with van der Waals surface area (Å²) in [4.78, 5) is 17.2. The molecule has 0 spiro atoms. The second-order valence-electron chi connectivity index (χ2n) is 7.37. The van der Waals surface area contributed by atoms with Gasteiger partial charge in [0.05, 0.1) is 7.11 Å². The van der Waals surface area contributed by atoms with Gasteiger partial charge in [0.1, 0.15) is 5.75 Å². The van der Waals surface area contributed by atoms with Gasteiger partial charge in [-0.15, -0.1) is 0 Å². The fourth-order valence-corrected chi connectivity index (χ4v) is 4.51. The Labute approximate surface area is 144 Å². The van der Waals surface area contributed by atoms with Crippen LogP contribution in [0.4, 0.5) is 0 Å². The number of nitrogens with zero attached hydrogens (tertiary/aromatic N) is 2. The third kappa shape index (κ3) is 3.07. The van der Waals surface area contributed by atoms with Crippen molar-refractivity contribution >= 4 is 5.91 Å². The van der Waals surface area contributed by atoms with Crippen molar-refractivity contribution in [1.29, 1.82) is 0 Å². The Morgan fingerprint density at radius 2 is 2.00 bits per heavy atom. The van der Waals surface area contributed by atoms with E-state index in [4.69, 9.17) is 4.74 Å². The fourth-order valence-electron chi connectivity index (χ4n) is 4.51. The highest BCUT2D eigenvalue weighted by Crippen LogP contribution is 2.43. The van der Waals surface area contributed by atoms with Gasteiger partial charge in [0.2, 0.25) is 0 Å². The highest BCUT2D eigenvalue weighted by atomic mass is 16.5. The van der Waals surface area contributed by atoms with E-state index in [0.29, 0.717) is 0 Å². The van der Waals surface area contributed by atoms with Gasteiger partial charge in [-0.1, -0.05) is 18.2 Å². The first kappa shape index (κ1) is 15.7. The quantitative estimate of drug-likeness (QED) is 0.798. The summed E-state index contributed by atoms with van der Waals surface area (Å²) in [6.07, 6.45) is 7.58. The minimum Gasteiger partial charge on any atom is -0.497 e. The van der Waals surface area contributed by atoms with Gasteiger partial charge in [-0.05, 0) is 48.8 Å². The standard InChI is InChI=1S/C20H26N2O2/c1-24-19-4-2-3-17(13-19)20(23)22-9-7-21(8-10-22)14-18-12-15-5-6-16(18)11-15/h2-6,13,15-16,18H,7-12,14H2,1H3/t15-,16-,18-/m1/s1. The minimum absolute atomic E-state index is 0.122. The van der Waals surface area contributed by atoms with E-state index in [1.807, 2.05) is 29.2 Å². The molecule has 1 aromatic carbocycles. The highest BCUT2D eigenvalue weighted by Gasteiger charge is 2.36. The van der Waals surface area contributed by atoms with Gasteiger partial charge in [0.25, 0.3) is 5.91 Å². The summed E-state index contributed by atoms with van der Waals surface area (Å²) >= 11 is 0. The maximum atomic E-state index is 12.7. The zero-order chi connectivity index (χ0) is 16.5. The third-order valence-electron chi connectivity index (χ3n) is 5.89. The number of piperazine rings is 1. The monoisotopic (exact) mass is 326 g/mol. The average molecular weight is 326 g/mol. The molecule has 4 rings (SSSR count). The number of benzene rings is 1. The largest absolute Gasteiger partial charge is 0.497 e. The molecule has 1 saturated carbocycles. The number of rotatable bonds is 4. The molecular weight excluding hydrogens is 300 g/mol. The van der Waals surface area contributed by atoms with Gasteiger partial charge in [-0.25, -0.2) is 0 Å². The molecule has 2 aliphatic carbocycles. The van der Waals surface area contributed by atoms with Gasteiger partial charge in [-0.3, -0.25) is 9.69 Å². The number of amides is 1. The molecule has 4 heteroatoms. The van der Waals surface area contributed by atoms with E-state index in [1.165, 1.54) is 19.4 Å². The molecule has 4 nitrogen and oxygen atoms in total. The molecule has 0 aromatic heterocycles. The normalized spacial score (nSPS) is 29.2. The molecule has 24 heavy (non-hydrogen) atoms. The molecule has 128 valence electrons.